The third-order valence-electron chi connectivity index (χ3n) is 5.35. The highest BCUT2D eigenvalue weighted by Crippen LogP contribution is 2.40. The van der Waals surface area contributed by atoms with E-state index in [1.54, 1.807) is 29.0 Å². The Labute approximate surface area is 189 Å². The molecule has 0 amide bonds. The molecular weight excluding hydrogens is 434 g/mol. The highest BCUT2D eigenvalue weighted by Gasteiger charge is 2.44. The fourth-order valence-corrected chi connectivity index (χ4v) is 4.77. The van der Waals surface area contributed by atoms with Crippen molar-refractivity contribution in [1.82, 2.24) is 4.57 Å². The molecule has 1 aliphatic heterocycles. The van der Waals surface area contributed by atoms with E-state index in [0.29, 0.717) is 5.52 Å². The van der Waals surface area contributed by atoms with Crippen LogP contribution in [0.25, 0.3) is 10.9 Å². The van der Waals surface area contributed by atoms with Crippen molar-refractivity contribution in [3.8, 4) is 11.5 Å². The lowest BCUT2D eigenvalue weighted by molar-refractivity contribution is -0.250. The van der Waals surface area contributed by atoms with E-state index < -0.39 is 37.3 Å². The van der Waals surface area contributed by atoms with Gasteiger partial charge in [0.1, 0.15) is 35.9 Å². The Hall–Kier alpha value is -2.27. The van der Waals surface area contributed by atoms with Crippen LogP contribution in [0.5, 0.6) is 11.5 Å². The molecule has 1 aromatic heterocycles. The van der Waals surface area contributed by atoms with Gasteiger partial charge in [-0.3, -0.25) is 0 Å². The largest absolute Gasteiger partial charge is 0.508 e. The summed E-state index contributed by atoms with van der Waals surface area (Å²) in [5, 5.41) is 51.3. The van der Waals surface area contributed by atoms with Crippen LogP contribution in [0.3, 0.4) is 0 Å². The van der Waals surface area contributed by atoms with E-state index in [-0.39, 0.29) is 11.9 Å². The second-order valence-corrected chi connectivity index (χ2v) is 9.18. The lowest BCUT2D eigenvalue weighted by Crippen LogP contribution is -2.56. The molecule has 0 unspecified atom stereocenters. The Morgan fingerprint density at radius 1 is 1.03 bits per heavy atom. The summed E-state index contributed by atoms with van der Waals surface area (Å²) in [6.45, 7) is 3.41. The number of aromatic hydroxyl groups is 1. The maximum atomic E-state index is 10.6. The third-order valence-corrected chi connectivity index (χ3v) is 6.40. The number of hydrogen-bond acceptors (Lipinski definition) is 8. The van der Waals surface area contributed by atoms with Gasteiger partial charge in [0.25, 0.3) is 0 Å². The fraction of sp³-hybridized carbons (Fsp3) is 0.391. The minimum atomic E-state index is -1.50. The van der Waals surface area contributed by atoms with E-state index in [1.807, 2.05) is 38.1 Å². The van der Waals surface area contributed by atoms with E-state index in [0.717, 1.165) is 20.9 Å². The average molecular weight is 462 g/mol. The zero-order chi connectivity index (χ0) is 23.0. The predicted octanol–water partition coefficient (Wildman–Crippen LogP) is 2.26. The molecule has 5 N–H and O–H groups in total. The normalized spacial score (nSPS) is 26.0. The molecule has 1 saturated heterocycles. The number of phenols is 1. The monoisotopic (exact) mass is 461 g/mol. The molecule has 2 aromatic carbocycles. The second kappa shape index (κ2) is 9.30. The minimum Gasteiger partial charge on any atom is -0.508 e. The Kier molecular flexibility index (Phi) is 6.66. The lowest BCUT2D eigenvalue weighted by atomic mass is 9.98. The molecule has 3 aromatic rings. The van der Waals surface area contributed by atoms with Gasteiger partial charge in [0.05, 0.1) is 18.2 Å². The molecule has 0 aliphatic carbocycles. The first kappa shape index (κ1) is 22.9. The molecular formula is C23H27NO7S. The quantitative estimate of drug-likeness (QED) is 0.379. The van der Waals surface area contributed by atoms with Crippen molar-refractivity contribution < 1.29 is 35.0 Å². The van der Waals surface area contributed by atoms with Crippen molar-refractivity contribution >= 4 is 22.7 Å². The van der Waals surface area contributed by atoms with Crippen LogP contribution in [-0.2, 0) is 4.74 Å². The highest BCUT2D eigenvalue weighted by molar-refractivity contribution is 7.99. The summed E-state index contributed by atoms with van der Waals surface area (Å²) in [5.41, 5.74) is 0.580. The summed E-state index contributed by atoms with van der Waals surface area (Å²) in [4.78, 5) is 1.80. The highest BCUT2D eigenvalue weighted by atomic mass is 32.2. The average Bonchev–Trinajstić information content (AvgIpc) is 3.10. The van der Waals surface area contributed by atoms with Crippen molar-refractivity contribution in [2.24, 2.45) is 0 Å². The number of fused-ring (bicyclic) bond motifs is 1. The van der Waals surface area contributed by atoms with Gasteiger partial charge >= 0.3 is 0 Å². The van der Waals surface area contributed by atoms with Gasteiger partial charge in [0.2, 0.25) is 0 Å². The van der Waals surface area contributed by atoms with Crippen molar-refractivity contribution in [1.29, 1.82) is 0 Å². The summed E-state index contributed by atoms with van der Waals surface area (Å²) < 4.78 is 13.0. The van der Waals surface area contributed by atoms with E-state index in [4.69, 9.17) is 9.47 Å². The number of benzene rings is 2. The Morgan fingerprint density at radius 2 is 1.75 bits per heavy atom. The molecule has 32 heavy (non-hydrogen) atoms. The number of hydrogen-bond donors (Lipinski definition) is 5. The van der Waals surface area contributed by atoms with Gasteiger partial charge in [-0.05, 0) is 50.2 Å². The molecule has 0 bridgehead atoms. The summed E-state index contributed by atoms with van der Waals surface area (Å²) in [6, 6.07) is 12.6. The maximum Gasteiger partial charge on any atom is 0.163 e. The number of aliphatic hydroxyl groups excluding tert-OH is 4. The molecule has 4 rings (SSSR count). The van der Waals surface area contributed by atoms with Crippen LogP contribution in [0, 0.1) is 0 Å². The molecule has 9 heteroatoms. The Morgan fingerprint density at radius 3 is 2.41 bits per heavy atom. The van der Waals surface area contributed by atoms with Crippen LogP contribution in [0.1, 0.15) is 20.1 Å². The SMILES string of the molecule is CC(C)Oc1ccc(Sc2cn([C@@H]3O[C@H](CO)[C@@H](O)[C@H](O)[C@H]3O)c3cc(O)ccc23)cc1. The van der Waals surface area contributed by atoms with Gasteiger partial charge < -0.3 is 39.6 Å². The second-order valence-electron chi connectivity index (χ2n) is 8.06. The molecule has 172 valence electrons. The van der Waals surface area contributed by atoms with Gasteiger partial charge in [0.15, 0.2) is 6.23 Å². The van der Waals surface area contributed by atoms with Crippen LogP contribution >= 0.6 is 11.8 Å². The van der Waals surface area contributed by atoms with E-state index in [1.165, 1.54) is 11.8 Å². The van der Waals surface area contributed by atoms with Gasteiger partial charge in [0, 0.05) is 27.4 Å². The summed E-state index contributed by atoms with van der Waals surface area (Å²) >= 11 is 1.49. The molecule has 0 radical (unpaired) electrons. The number of nitrogens with zero attached hydrogens (tertiary/aromatic N) is 1. The maximum absolute atomic E-state index is 10.6. The number of aromatic nitrogens is 1. The Bertz CT molecular complexity index is 1070. The lowest BCUT2D eigenvalue weighted by Gasteiger charge is -2.40. The molecule has 0 saturated carbocycles. The van der Waals surface area contributed by atoms with Crippen LogP contribution in [0.15, 0.2) is 58.5 Å². The standard InChI is InChI=1S/C23H27NO7S/c1-12(2)30-14-4-6-15(7-5-14)32-19-10-24(17-9-13(26)3-8-16(17)19)23-22(29)21(28)20(27)18(11-25)31-23/h3-10,12,18,20-23,25-29H,11H2,1-2H3/t18-,20-,21+,22-,23-/m1/s1. The molecule has 2 heterocycles. The summed E-state index contributed by atoms with van der Waals surface area (Å²) in [5.74, 6) is 0.811. The van der Waals surface area contributed by atoms with Crippen molar-refractivity contribution in [3.63, 3.8) is 0 Å². The van der Waals surface area contributed by atoms with Crippen LogP contribution < -0.4 is 4.74 Å². The molecule has 5 atom stereocenters. The van der Waals surface area contributed by atoms with E-state index in [9.17, 15) is 25.5 Å². The van der Waals surface area contributed by atoms with Crippen molar-refractivity contribution in [2.75, 3.05) is 6.61 Å². The van der Waals surface area contributed by atoms with Crippen LogP contribution in [-0.4, -0.2) is 67.2 Å². The fourth-order valence-electron chi connectivity index (χ4n) is 3.80. The Balaban J connectivity index is 1.70. The van der Waals surface area contributed by atoms with Gasteiger partial charge in [-0.1, -0.05) is 11.8 Å². The van der Waals surface area contributed by atoms with Gasteiger partial charge in [-0.2, -0.15) is 0 Å². The summed E-state index contributed by atoms with van der Waals surface area (Å²) in [6.07, 6.45) is -4.62. The molecule has 0 spiro atoms. The molecule has 8 nitrogen and oxygen atoms in total. The van der Waals surface area contributed by atoms with Crippen molar-refractivity contribution in [2.45, 2.75) is 60.4 Å². The first-order valence-corrected chi connectivity index (χ1v) is 11.2. The number of phenolic OH excluding ortho intramolecular Hbond substituents is 1. The zero-order valence-electron chi connectivity index (χ0n) is 17.7. The van der Waals surface area contributed by atoms with E-state index >= 15 is 0 Å². The summed E-state index contributed by atoms with van der Waals surface area (Å²) in [7, 11) is 0. The van der Waals surface area contributed by atoms with E-state index in [2.05, 4.69) is 0 Å². The first-order chi connectivity index (χ1) is 15.3. The third kappa shape index (κ3) is 4.45. The van der Waals surface area contributed by atoms with Crippen molar-refractivity contribution in [3.05, 3.63) is 48.7 Å². The zero-order valence-corrected chi connectivity index (χ0v) is 18.5. The minimum absolute atomic E-state index is 0.0353. The number of aliphatic hydroxyl groups is 4. The topological polar surface area (TPSA) is 125 Å². The van der Waals surface area contributed by atoms with Crippen LogP contribution in [0.4, 0.5) is 0 Å². The molecule has 1 fully saturated rings. The predicted molar refractivity (Wildman–Crippen MR) is 119 cm³/mol. The first-order valence-electron chi connectivity index (χ1n) is 10.4. The van der Waals surface area contributed by atoms with Gasteiger partial charge in [-0.15, -0.1) is 0 Å². The molecule has 1 aliphatic rings. The number of rotatable bonds is 6. The van der Waals surface area contributed by atoms with Crippen LogP contribution in [0.2, 0.25) is 0 Å². The smallest absolute Gasteiger partial charge is 0.163 e. The van der Waals surface area contributed by atoms with Gasteiger partial charge in [-0.25, -0.2) is 0 Å². The number of ether oxygens (including phenoxy) is 2.